The van der Waals surface area contributed by atoms with Gasteiger partial charge in [0.25, 0.3) is 0 Å². The molecule has 1 aromatic rings. The van der Waals surface area contributed by atoms with Crippen LogP contribution in [0, 0.1) is 16.7 Å². The van der Waals surface area contributed by atoms with E-state index in [-0.39, 0.29) is 0 Å². The van der Waals surface area contributed by atoms with Gasteiger partial charge in [0, 0.05) is 5.56 Å². The lowest BCUT2D eigenvalue weighted by atomic mass is 9.79. The third-order valence-corrected chi connectivity index (χ3v) is 3.62. The summed E-state index contributed by atoms with van der Waals surface area (Å²) in [6.07, 6.45) is -0.463. The third-order valence-electron chi connectivity index (χ3n) is 3.62. The van der Waals surface area contributed by atoms with Crippen LogP contribution in [0.4, 0.5) is 0 Å². The number of nitriles is 1. The molecule has 0 fully saturated rings. The number of aliphatic hydroxyl groups is 1. The van der Waals surface area contributed by atoms with Crippen molar-refractivity contribution < 1.29 is 19.3 Å². The summed E-state index contributed by atoms with van der Waals surface area (Å²) in [5.41, 5.74) is -0.386. The van der Waals surface area contributed by atoms with E-state index >= 15 is 0 Å². The second kappa shape index (κ2) is 6.49. The maximum absolute atomic E-state index is 10.5. The Labute approximate surface area is 119 Å². The number of nitrogens with zero attached hydrogens (tertiary/aromatic N) is 1. The van der Waals surface area contributed by atoms with Gasteiger partial charge in [-0.2, -0.15) is 5.26 Å². The van der Waals surface area contributed by atoms with Crippen LogP contribution in [0.3, 0.4) is 0 Å². The molecule has 0 heterocycles. The maximum atomic E-state index is 10.5. The predicted molar refractivity (Wildman–Crippen MR) is 75.1 cm³/mol. The molecule has 0 bridgehead atoms. The minimum atomic E-state index is -0.979. The third kappa shape index (κ3) is 2.66. The van der Waals surface area contributed by atoms with Crippen molar-refractivity contribution in [3.05, 3.63) is 17.7 Å². The summed E-state index contributed by atoms with van der Waals surface area (Å²) in [5, 5.41) is 19.8. The summed E-state index contributed by atoms with van der Waals surface area (Å²) < 4.78 is 15.8. The molecule has 0 aliphatic carbocycles. The number of hydrogen-bond donors (Lipinski definition) is 1. The van der Waals surface area contributed by atoms with E-state index in [1.54, 1.807) is 19.1 Å². The molecule has 5 nitrogen and oxygen atoms in total. The first kappa shape index (κ1) is 16.1. The average Bonchev–Trinajstić information content (AvgIpc) is 2.51. The van der Waals surface area contributed by atoms with Gasteiger partial charge in [0.05, 0.1) is 32.8 Å². The predicted octanol–water partition coefficient (Wildman–Crippen LogP) is 2.69. The molecule has 0 saturated heterocycles. The molecule has 5 heteroatoms. The Balaban J connectivity index is 3.43. The van der Waals surface area contributed by atoms with E-state index in [2.05, 4.69) is 6.07 Å². The summed E-state index contributed by atoms with van der Waals surface area (Å²) in [7, 11) is 4.52. The van der Waals surface area contributed by atoms with Crippen molar-refractivity contribution in [2.75, 3.05) is 21.3 Å². The minimum absolute atomic E-state index is 0.384. The molecule has 0 radical (unpaired) electrons. The number of benzene rings is 1. The quantitative estimate of drug-likeness (QED) is 0.866. The zero-order valence-electron chi connectivity index (χ0n) is 12.6. The monoisotopic (exact) mass is 279 g/mol. The van der Waals surface area contributed by atoms with Gasteiger partial charge in [0.2, 0.25) is 5.75 Å². The van der Waals surface area contributed by atoms with E-state index in [1.807, 2.05) is 6.92 Å². The highest BCUT2D eigenvalue weighted by atomic mass is 16.5. The van der Waals surface area contributed by atoms with Crippen LogP contribution >= 0.6 is 0 Å². The van der Waals surface area contributed by atoms with Crippen LogP contribution in [0.1, 0.15) is 31.9 Å². The Kier molecular flexibility index (Phi) is 5.23. The zero-order chi connectivity index (χ0) is 15.3. The normalized spacial score (nSPS) is 14.8. The standard InChI is InChI=1S/C15H21NO4/c1-6-15(2,9-16)14(17)10-7-8-11(18-3)13(20-5)12(10)19-4/h7-8,14,17H,6H2,1-5H3. The van der Waals surface area contributed by atoms with E-state index in [9.17, 15) is 10.4 Å². The van der Waals surface area contributed by atoms with Gasteiger partial charge >= 0.3 is 0 Å². The second-order valence-corrected chi connectivity index (χ2v) is 4.71. The summed E-state index contributed by atoms with van der Waals surface area (Å²) in [4.78, 5) is 0. The van der Waals surface area contributed by atoms with Crippen LogP contribution in [0.5, 0.6) is 17.2 Å². The van der Waals surface area contributed by atoms with Crippen molar-refractivity contribution in [3.63, 3.8) is 0 Å². The van der Waals surface area contributed by atoms with Crippen LogP contribution in [-0.2, 0) is 0 Å². The first-order valence-electron chi connectivity index (χ1n) is 6.37. The van der Waals surface area contributed by atoms with Crippen molar-refractivity contribution >= 4 is 0 Å². The van der Waals surface area contributed by atoms with Gasteiger partial charge in [-0.25, -0.2) is 0 Å². The summed E-state index contributed by atoms with van der Waals surface area (Å²) in [5.74, 6) is 1.30. The Morgan fingerprint density at radius 2 is 1.80 bits per heavy atom. The number of aliphatic hydroxyl groups excluding tert-OH is 1. The molecule has 1 N–H and O–H groups in total. The molecule has 0 saturated carbocycles. The van der Waals surface area contributed by atoms with E-state index in [4.69, 9.17) is 14.2 Å². The van der Waals surface area contributed by atoms with Gasteiger partial charge in [0.15, 0.2) is 11.5 Å². The SMILES string of the molecule is CCC(C)(C#N)C(O)c1ccc(OC)c(OC)c1OC. The first-order valence-corrected chi connectivity index (χ1v) is 6.37. The van der Waals surface area contributed by atoms with Gasteiger partial charge in [-0.15, -0.1) is 0 Å². The van der Waals surface area contributed by atoms with E-state index in [0.29, 0.717) is 29.2 Å². The van der Waals surface area contributed by atoms with Crippen molar-refractivity contribution in [1.82, 2.24) is 0 Å². The lowest BCUT2D eigenvalue weighted by Gasteiger charge is -2.28. The molecule has 110 valence electrons. The van der Waals surface area contributed by atoms with Crippen LogP contribution in [-0.4, -0.2) is 26.4 Å². The van der Waals surface area contributed by atoms with Gasteiger partial charge in [-0.05, 0) is 25.5 Å². The van der Waals surface area contributed by atoms with Gasteiger partial charge in [0.1, 0.15) is 6.10 Å². The molecule has 0 spiro atoms. The van der Waals surface area contributed by atoms with E-state index < -0.39 is 11.5 Å². The molecule has 20 heavy (non-hydrogen) atoms. The van der Waals surface area contributed by atoms with Crippen LogP contribution < -0.4 is 14.2 Å². The highest BCUT2D eigenvalue weighted by Crippen LogP contribution is 2.46. The first-order chi connectivity index (χ1) is 9.48. The Morgan fingerprint density at radius 1 is 1.20 bits per heavy atom. The lowest BCUT2D eigenvalue weighted by Crippen LogP contribution is -2.23. The number of rotatable bonds is 6. The largest absolute Gasteiger partial charge is 0.493 e. The molecule has 1 aromatic carbocycles. The fourth-order valence-electron chi connectivity index (χ4n) is 2.02. The highest BCUT2D eigenvalue weighted by molar-refractivity contribution is 5.56. The Morgan fingerprint density at radius 3 is 2.20 bits per heavy atom. The summed E-state index contributed by atoms with van der Waals surface area (Å²) in [6.45, 7) is 3.58. The smallest absolute Gasteiger partial charge is 0.203 e. The fourth-order valence-corrected chi connectivity index (χ4v) is 2.02. The Bertz CT molecular complexity index is 509. The average molecular weight is 279 g/mol. The molecular formula is C15H21NO4. The van der Waals surface area contributed by atoms with Gasteiger partial charge in [-0.3, -0.25) is 0 Å². The minimum Gasteiger partial charge on any atom is -0.493 e. The highest BCUT2D eigenvalue weighted by Gasteiger charge is 2.35. The number of methoxy groups -OCH3 is 3. The lowest BCUT2D eigenvalue weighted by molar-refractivity contribution is 0.0693. The van der Waals surface area contributed by atoms with Crippen LogP contribution in [0.2, 0.25) is 0 Å². The van der Waals surface area contributed by atoms with Crippen LogP contribution in [0.25, 0.3) is 0 Å². The molecule has 2 atom stereocenters. The number of ether oxygens (including phenoxy) is 3. The Hall–Kier alpha value is -1.93. The molecule has 0 aromatic heterocycles. The molecule has 0 amide bonds. The fraction of sp³-hybridized carbons (Fsp3) is 0.533. The maximum Gasteiger partial charge on any atom is 0.203 e. The topological polar surface area (TPSA) is 71.7 Å². The second-order valence-electron chi connectivity index (χ2n) is 4.71. The van der Waals surface area contributed by atoms with E-state index in [1.165, 1.54) is 21.3 Å². The summed E-state index contributed by atoms with van der Waals surface area (Å²) in [6, 6.07) is 5.54. The zero-order valence-corrected chi connectivity index (χ0v) is 12.6. The van der Waals surface area contributed by atoms with Crippen molar-refractivity contribution in [3.8, 4) is 23.3 Å². The molecule has 0 aliphatic rings. The van der Waals surface area contributed by atoms with Crippen molar-refractivity contribution in [1.29, 1.82) is 5.26 Å². The molecule has 0 aliphatic heterocycles. The van der Waals surface area contributed by atoms with Crippen molar-refractivity contribution in [2.45, 2.75) is 26.4 Å². The van der Waals surface area contributed by atoms with Gasteiger partial charge < -0.3 is 19.3 Å². The van der Waals surface area contributed by atoms with Crippen LogP contribution in [0.15, 0.2) is 12.1 Å². The molecular weight excluding hydrogens is 258 g/mol. The van der Waals surface area contributed by atoms with E-state index in [0.717, 1.165) is 0 Å². The summed E-state index contributed by atoms with van der Waals surface area (Å²) >= 11 is 0. The number of hydrogen-bond acceptors (Lipinski definition) is 5. The van der Waals surface area contributed by atoms with Crippen molar-refractivity contribution in [2.24, 2.45) is 5.41 Å². The molecule has 2 unspecified atom stereocenters. The molecule has 1 rings (SSSR count). The van der Waals surface area contributed by atoms with Gasteiger partial charge in [-0.1, -0.05) is 6.92 Å².